The van der Waals surface area contributed by atoms with Gasteiger partial charge in [0.2, 0.25) is 11.8 Å². The van der Waals surface area contributed by atoms with E-state index in [1.54, 1.807) is 6.20 Å². The van der Waals surface area contributed by atoms with Crippen LogP contribution < -0.4 is 5.32 Å². The molecule has 0 saturated carbocycles. The summed E-state index contributed by atoms with van der Waals surface area (Å²) < 4.78 is 1.45. The second kappa shape index (κ2) is 9.75. The van der Waals surface area contributed by atoms with Gasteiger partial charge in [0.05, 0.1) is 18.2 Å². The number of aromatic nitrogens is 5. The van der Waals surface area contributed by atoms with Crippen molar-refractivity contribution in [2.75, 3.05) is 26.2 Å². The molecular weight excluding hydrogens is 384 g/mol. The summed E-state index contributed by atoms with van der Waals surface area (Å²) in [5.74, 6) is 0.174. The lowest BCUT2D eigenvalue weighted by Crippen LogP contribution is -2.51. The minimum absolute atomic E-state index is 0.0157. The molecule has 0 radical (unpaired) electrons. The van der Waals surface area contributed by atoms with Gasteiger partial charge in [0.1, 0.15) is 12.9 Å². The highest BCUT2D eigenvalue weighted by Crippen LogP contribution is 2.24. The van der Waals surface area contributed by atoms with E-state index in [0.717, 1.165) is 57.6 Å². The fourth-order valence-electron chi connectivity index (χ4n) is 4.35. The third kappa shape index (κ3) is 5.18. The zero-order valence-electron chi connectivity index (χ0n) is 17.1. The van der Waals surface area contributed by atoms with E-state index in [-0.39, 0.29) is 24.3 Å². The van der Waals surface area contributed by atoms with E-state index in [4.69, 9.17) is 0 Å². The number of pyridine rings is 1. The van der Waals surface area contributed by atoms with E-state index in [0.29, 0.717) is 12.6 Å². The zero-order chi connectivity index (χ0) is 20.8. The minimum Gasteiger partial charge on any atom is -0.350 e. The largest absolute Gasteiger partial charge is 0.350 e. The minimum atomic E-state index is 0.0157. The van der Waals surface area contributed by atoms with Gasteiger partial charge in [0, 0.05) is 31.9 Å². The van der Waals surface area contributed by atoms with Crippen LogP contribution in [0.1, 0.15) is 31.4 Å². The molecule has 10 heteroatoms. The van der Waals surface area contributed by atoms with Gasteiger partial charge in [-0.15, -0.1) is 5.10 Å². The molecule has 2 aliphatic heterocycles. The van der Waals surface area contributed by atoms with Gasteiger partial charge in [-0.25, -0.2) is 4.68 Å². The summed E-state index contributed by atoms with van der Waals surface area (Å²) >= 11 is 0. The predicted octanol–water partition coefficient (Wildman–Crippen LogP) is 0.0875. The van der Waals surface area contributed by atoms with Gasteiger partial charge in [0.25, 0.3) is 0 Å². The van der Waals surface area contributed by atoms with E-state index in [1.807, 2.05) is 23.1 Å². The Bertz CT molecular complexity index is 821. The standard InChI is InChI=1S/C20H28N8O2/c29-19(14-28-15-23-24-25-28)26-10-6-18(7-11-26)27-9-3-4-16(13-27)20(30)22-12-17-5-1-2-8-21-17/h1-2,5,8,15-16,18H,3-4,6-7,9-14H2,(H,22,30)/t16-/m0/s1. The molecule has 2 saturated heterocycles. The maximum Gasteiger partial charge on any atom is 0.244 e. The van der Waals surface area contributed by atoms with Crippen LogP contribution in [0.15, 0.2) is 30.7 Å². The highest BCUT2D eigenvalue weighted by Gasteiger charge is 2.32. The van der Waals surface area contributed by atoms with Crippen molar-refractivity contribution >= 4 is 11.8 Å². The van der Waals surface area contributed by atoms with Crippen LogP contribution in [0, 0.1) is 5.92 Å². The number of rotatable bonds is 6. The molecule has 4 heterocycles. The topological polar surface area (TPSA) is 109 Å². The molecule has 2 fully saturated rings. The van der Waals surface area contributed by atoms with Crippen molar-refractivity contribution in [1.82, 2.24) is 40.3 Å². The Kier molecular flexibility index (Phi) is 6.63. The normalized spacial score (nSPS) is 20.8. The fraction of sp³-hybridized carbons (Fsp3) is 0.600. The first-order chi connectivity index (χ1) is 14.7. The van der Waals surface area contributed by atoms with Crippen LogP contribution >= 0.6 is 0 Å². The van der Waals surface area contributed by atoms with Crippen LogP contribution in [0.4, 0.5) is 0 Å². The summed E-state index contributed by atoms with van der Waals surface area (Å²) in [6.07, 6.45) is 7.02. The molecule has 10 nitrogen and oxygen atoms in total. The number of likely N-dealkylation sites (tertiary alicyclic amines) is 2. The van der Waals surface area contributed by atoms with Crippen molar-refractivity contribution in [3.63, 3.8) is 0 Å². The van der Waals surface area contributed by atoms with Gasteiger partial charge in [-0.05, 0) is 54.8 Å². The number of carbonyl (C=O) groups excluding carboxylic acids is 2. The van der Waals surface area contributed by atoms with E-state index < -0.39 is 0 Å². The summed E-state index contributed by atoms with van der Waals surface area (Å²) in [7, 11) is 0. The van der Waals surface area contributed by atoms with Crippen LogP contribution in [0.5, 0.6) is 0 Å². The van der Waals surface area contributed by atoms with Gasteiger partial charge in [0.15, 0.2) is 0 Å². The average molecular weight is 412 g/mol. The Hall–Kier alpha value is -2.88. The first-order valence-corrected chi connectivity index (χ1v) is 10.6. The van der Waals surface area contributed by atoms with Gasteiger partial charge in [-0.1, -0.05) is 6.07 Å². The molecule has 1 atom stereocenters. The van der Waals surface area contributed by atoms with Crippen molar-refractivity contribution in [3.8, 4) is 0 Å². The van der Waals surface area contributed by atoms with Crippen LogP contribution in [-0.4, -0.2) is 79.0 Å². The Labute approximate surface area is 175 Å². The lowest BCUT2D eigenvalue weighted by atomic mass is 9.93. The number of nitrogens with zero attached hydrogens (tertiary/aromatic N) is 7. The van der Waals surface area contributed by atoms with Gasteiger partial charge >= 0.3 is 0 Å². The van der Waals surface area contributed by atoms with Crippen LogP contribution in [-0.2, 0) is 22.7 Å². The van der Waals surface area contributed by atoms with Gasteiger partial charge in [-0.2, -0.15) is 0 Å². The second-order valence-electron chi connectivity index (χ2n) is 7.99. The molecule has 0 bridgehead atoms. The zero-order valence-corrected chi connectivity index (χ0v) is 17.1. The number of hydrogen-bond donors (Lipinski definition) is 1. The van der Waals surface area contributed by atoms with Crippen LogP contribution in [0.2, 0.25) is 0 Å². The number of piperidine rings is 2. The molecule has 0 aliphatic carbocycles. The van der Waals surface area contributed by atoms with Crippen molar-refractivity contribution in [1.29, 1.82) is 0 Å². The number of hydrogen-bond acceptors (Lipinski definition) is 7. The quantitative estimate of drug-likeness (QED) is 0.716. The Morgan fingerprint density at radius 3 is 2.73 bits per heavy atom. The van der Waals surface area contributed by atoms with E-state index in [2.05, 4.69) is 30.7 Å². The maximum atomic E-state index is 12.7. The number of carbonyl (C=O) groups is 2. The Balaban J connectivity index is 1.23. The predicted molar refractivity (Wildman–Crippen MR) is 108 cm³/mol. The SMILES string of the molecule is O=C(NCc1ccccn1)[C@H]1CCCN(C2CCN(C(=O)Cn3cnnn3)CC2)C1. The first-order valence-electron chi connectivity index (χ1n) is 10.6. The van der Waals surface area contributed by atoms with Crippen molar-refractivity contribution in [2.24, 2.45) is 5.92 Å². The maximum absolute atomic E-state index is 12.7. The monoisotopic (exact) mass is 412 g/mol. The molecular formula is C20H28N8O2. The molecule has 0 unspecified atom stereocenters. The van der Waals surface area contributed by atoms with Crippen LogP contribution in [0.25, 0.3) is 0 Å². The second-order valence-corrected chi connectivity index (χ2v) is 7.99. The van der Waals surface area contributed by atoms with Crippen molar-refractivity contribution < 1.29 is 9.59 Å². The summed E-state index contributed by atoms with van der Waals surface area (Å²) in [4.78, 5) is 33.7. The van der Waals surface area contributed by atoms with Crippen LogP contribution in [0.3, 0.4) is 0 Å². The number of amides is 2. The third-order valence-electron chi connectivity index (χ3n) is 6.02. The van der Waals surface area contributed by atoms with Crippen molar-refractivity contribution in [2.45, 2.75) is 44.8 Å². The third-order valence-corrected chi connectivity index (χ3v) is 6.02. The lowest BCUT2D eigenvalue weighted by Gasteiger charge is -2.42. The molecule has 2 aromatic heterocycles. The fourth-order valence-corrected chi connectivity index (χ4v) is 4.35. The summed E-state index contributed by atoms with van der Waals surface area (Å²) in [5, 5.41) is 13.9. The molecule has 160 valence electrons. The number of tetrazole rings is 1. The molecule has 2 aliphatic rings. The van der Waals surface area contributed by atoms with E-state index in [1.165, 1.54) is 11.0 Å². The highest BCUT2D eigenvalue weighted by atomic mass is 16.2. The van der Waals surface area contributed by atoms with Gasteiger partial charge in [-0.3, -0.25) is 19.5 Å². The molecule has 30 heavy (non-hydrogen) atoms. The number of nitrogens with one attached hydrogen (secondary N) is 1. The first kappa shape index (κ1) is 20.4. The lowest BCUT2D eigenvalue weighted by molar-refractivity contribution is -0.133. The molecule has 0 spiro atoms. The van der Waals surface area contributed by atoms with E-state index >= 15 is 0 Å². The average Bonchev–Trinajstić information content (AvgIpc) is 3.31. The Morgan fingerprint density at radius 1 is 1.13 bits per heavy atom. The summed E-state index contributed by atoms with van der Waals surface area (Å²) in [6, 6.07) is 6.14. The van der Waals surface area contributed by atoms with Crippen molar-refractivity contribution in [3.05, 3.63) is 36.4 Å². The molecule has 2 amide bonds. The molecule has 4 rings (SSSR count). The Morgan fingerprint density at radius 2 is 2.00 bits per heavy atom. The summed E-state index contributed by atoms with van der Waals surface area (Å²) in [6.45, 7) is 3.93. The smallest absolute Gasteiger partial charge is 0.244 e. The summed E-state index contributed by atoms with van der Waals surface area (Å²) in [5.41, 5.74) is 0.872. The highest BCUT2D eigenvalue weighted by molar-refractivity contribution is 5.79. The molecule has 1 N–H and O–H groups in total. The van der Waals surface area contributed by atoms with Gasteiger partial charge < -0.3 is 10.2 Å². The van der Waals surface area contributed by atoms with E-state index in [9.17, 15) is 9.59 Å². The molecule has 0 aromatic carbocycles. The molecule has 2 aromatic rings.